The molecule has 20 heteroatoms. The maximum Gasteiger partial charge on any atom is 0.451 e. The number of benzene rings is 1. The van der Waals surface area contributed by atoms with Crippen LogP contribution in [0.15, 0.2) is 12.1 Å². The molecule has 14 nitrogen and oxygen atoms in total. The van der Waals surface area contributed by atoms with Gasteiger partial charge in [0.25, 0.3) is 0 Å². The third-order valence-corrected chi connectivity index (χ3v) is 6.69. The Morgan fingerprint density at radius 3 is 2.35 bits per heavy atom. The predicted molar refractivity (Wildman–Crippen MR) is 123 cm³/mol. The standard InChI is InChI=1S/C23H23F6N5O9/c24-10-6-12(26)11(25)4-8(10)3-9(30-22(41)43-20-17(38)15(36)16(37)18(42-20)19(39)40)5-14(35)33-1-2-34-13(7-33)31-32-21(34)23(27,28)29/h4,6,9,15-18,20,36-38H,1-3,5,7H2,(H,30,41)(H,39,40)/t9-,15+,16+,17-,18+,20+/m1/s1. The first-order valence-electron chi connectivity index (χ1n) is 12.4. The molecule has 5 N–H and O–H groups in total. The van der Waals surface area contributed by atoms with Crippen LogP contribution in [-0.2, 0) is 44.7 Å². The Morgan fingerprint density at radius 2 is 1.70 bits per heavy atom. The lowest BCUT2D eigenvalue weighted by Gasteiger charge is -2.38. The minimum absolute atomic E-state index is 0.195. The zero-order valence-electron chi connectivity index (χ0n) is 21.5. The van der Waals surface area contributed by atoms with Crippen LogP contribution in [0.4, 0.5) is 31.1 Å². The second-order valence-corrected chi connectivity index (χ2v) is 9.65. The van der Waals surface area contributed by atoms with Crippen molar-refractivity contribution in [3.63, 3.8) is 0 Å². The van der Waals surface area contributed by atoms with Gasteiger partial charge in [0.1, 0.15) is 24.1 Å². The Morgan fingerprint density at radius 1 is 1.02 bits per heavy atom. The lowest BCUT2D eigenvalue weighted by molar-refractivity contribution is -0.278. The van der Waals surface area contributed by atoms with E-state index in [0.717, 1.165) is 9.47 Å². The summed E-state index contributed by atoms with van der Waals surface area (Å²) >= 11 is 0. The fraction of sp³-hybridized carbons (Fsp3) is 0.522. The Balaban J connectivity index is 1.50. The zero-order chi connectivity index (χ0) is 31.8. The van der Waals surface area contributed by atoms with E-state index in [1.54, 1.807) is 0 Å². The summed E-state index contributed by atoms with van der Waals surface area (Å²) in [7, 11) is 0. The molecule has 4 rings (SSSR count). The summed E-state index contributed by atoms with van der Waals surface area (Å²) in [5.41, 5.74) is -0.497. The number of alkyl halides is 3. The number of aliphatic hydroxyl groups excluding tert-OH is 3. The number of carboxylic acids is 1. The summed E-state index contributed by atoms with van der Waals surface area (Å²) in [4.78, 5) is 38.1. The third-order valence-electron chi connectivity index (χ3n) is 6.69. The number of rotatable bonds is 7. The molecule has 1 aromatic carbocycles. The van der Waals surface area contributed by atoms with Crippen LogP contribution in [0.5, 0.6) is 0 Å². The number of aliphatic carboxylic acids is 1. The summed E-state index contributed by atoms with van der Waals surface area (Å²) in [5, 5.41) is 47.5. The highest BCUT2D eigenvalue weighted by atomic mass is 19.4. The van der Waals surface area contributed by atoms with Crippen molar-refractivity contribution in [2.75, 3.05) is 6.54 Å². The average Bonchev–Trinajstić information content (AvgIpc) is 3.36. The van der Waals surface area contributed by atoms with E-state index >= 15 is 0 Å². The van der Waals surface area contributed by atoms with Crippen molar-refractivity contribution in [1.29, 1.82) is 0 Å². The number of fused-ring (bicyclic) bond motifs is 1. The van der Waals surface area contributed by atoms with Crippen LogP contribution in [0.1, 0.15) is 23.6 Å². The van der Waals surface area contributed by atoms with Gasteiger partial charge in [0.2, 0.25) is 18.0 Å². The molecule has 236 valence electrons. The van der Waals surface area contributed by atoms with E-state index in [1.807, 2.05) is 0 Å². The van der Waals surface area contributed by atoms with Crippen molar-refractivity contribution in [2.45, 2.75) is 68.9 Å². The number of alkyl carbamates (subject to hydrolysis) is 1. The Hall–Kier alpha value is -4.01. The monoisotopic (exact) mass is 627 g/mol. The SMILES string of the molecule is O=C(N[C@@H](CC(=O)N1CCn2c(nnc2C(F)(F)F)C1)Cc1cc(F)c(F)cc1F)O[C@@H]1O[C@H](C(=O)O)[C@@H](O)[C@H](O)[C@H]1O. The molecule has 2 amide bonds. The molecule has 2 aliphatic heterocycles. The largest absolute Gasteiger partial charge is 0.479 e. The molecule has 1 saturated heterocycles. The lowest BCUT2D eigenvalue weighted by atomic mass is 9.99. The van der Waals surface area contributed by atoms with Crippen LogP contribution in [0.2, 0.25) is 0 Å². The molecule has 2 aliphatic rings. The van der Waals surface area contributed by atoms with Gasteiger partial charge in [0.05, 0.1) is 6.54 Å². The van der Waals surface area contributed by atoms with E-state index in [-0.39, 0.29) is 25.0 Å². The van der Waals surface area contributed by atoms with Crippen molar-refractivity contribution >= 4 is 18.0 Å². The smallest absolute Gasteiger partial charge is 0.451 e. The molecule has 1 aromatic heterocycles. The number of hydrogen-bond donors (Lipinski definition) is 5. The van der Waals surface area contributed by atoms with Gasteiger partial charge in [-0.15, -0.1) is 10.2 Å². The molecule has 43 heavy (non-hydrogen) atoms. The number of amides is 2. The molecule has 2 aromatic rings. The molecular weight excluding hydrogens is 604 g/mol. The summed E-state index contributed by atoms with van der Waals surface area (Å²) in [6.45, 7) is -1.00. The van der Waals surface area contributed by atoms with Gasteiger partial charge >= 0.3 is 18.2 Å². The number of ether oxygens (including phenoxy) is 2. The van der Waals surface area contributed by atoms with Crippen LogP contribution in [0, 0.1) is 17.5 Å². The fourth-order valence-electron chi connectivity index (χ4n) is 4.54. The van der Waals surface area contributed by atoms with E-state index in [1.165, 1.54) is 0 Å². The molecule has 1 fully saturated rings. The highest BCUT2D eigenvalue weighted by Gasteiger charge is 2.49. The van der Waals surface area contributed by atoms with E-state index in [9.17, 15) is 56.0 Å². The van der Waals surface area contributed by atoms with Crippen molar-refractivity contribution in [3.8, 4) is 0 Å². The number of aromatic nitrogens is 3. The van der Waals surface area contributed by atoms with E-state index in [4.69, 9.17) is 14.6 Å². The number of carbonyl (C=O) groups excluding carboxylic acids is 2. The number of halogens is 6. The molecule has 3 heterocycles. The maximum atomic E-state index is 14.4. The van der Waals surface area contributed by atoms with Crippen LogP contribution in [0.25, 0.3) is 0 Å². The number of nitrogens with zero attached hydrogens (tertiary/aromatic N) is 4. The number of carbonyl (C=O) groups is 3. The number of carboxylic acid groups (broad SMARTS) is 1. The van der Waals surface area contributed by atoms with Crippen LogP contribution >= 0.6 is 0 Å². The minimum Gasteiger partial charge on any atom is -0.479 e. The van der Waals surface area contributed by atoms with Gasteiger partial charge in [-0.2, -0.15) is 13.2 Å². The van der Waals surface area contributed by atoms with Gasteiger partial charge in [0, 0.05) is 31.6 Å². The Labute approximate surface area is 236 Å². The van der Waals surface area contributed by atoms with Gasteiger partial charge in [-0.1, -0.05) is 0 Å². The molecule has 0 aliphatic carbocycles. The highest BCUT2D eigenvalue weighted by Crippen LogP contribution is 2.30. The van der Waals surface area contributed by atoms with Gasteiger partial charge in [-0.25, -0.2) is 22.8 Å². The Bertz CT molecular complexity index is 1390. The Kier molecular flexibility index (Phi) is 9.13. The van der Waals surface area contributed by atoms with Crippen LogP contribution < -0.4 is 5.32 Å². The minimum atomic E-state index is -4.80. The quantitative estimate of drug-likeness (QED) is 0.199. The topological polar surface area (TPSA) is 197 Å². The summed E-state index contributed by atoms with van der Waals surface area (Å²) < 4.78 is 91.4. The average molecular weight is 627 g/mol. The van der Waals surface area contributed by atoms with Gasteiger partial charge < -0.3 is 44.7 Å². The molecule has 0 bridgehead atoms. The molecular formula is C23H23F6N5O9. The number of hydrogen-bond acceptors (Lipinski definition) is 10. The van der Waals surface area contributed by atoms with Crippen molar-refractivity contribution in [1.82, 2.24) is 25.0 Å². The molecule has 0 saturated carbocycles. The van der Waals surface area contributed by atoms with E-state index in [0.29, 0.717) is 6.07 Å². The zero-order valence-corrected chi connectivity index (χ0v) is 21.5. The second-order valence-electron chi connectivity index (χ2n) is 9.65. The number of nitrogens with one attached hydrogen (secondary N) is 1. The first-order chi connectivity index (χ1) is 20.1. The third kappa shape index (κ3) is 6.98. The highest BCUT2D eigenvalue weighted by molar-refractivity contribution is 5.78. The first kappa shape index (κ1) is 31.9. The second kappa shape index (κ2) is 12.3. The maximum absolute atomic E-state index is 14.4. The summed E-state index contributed by atoms with van der Waals surface area (Å²) in [5.74, 6) is -8.25. The van der Waals surface area contributed by atoms with Gasteiger partial charge in [0.15, 0.2) is 23.6 Å². The molecule has 0 spiro atoms. The normalized spacial score (nSPS) is 24.7. The van der Waals surface area contributed by atoms with E-state index in [2.05, 4.69) is 15.5 Å². The van der Waals surface area contributed by atoms with Crippen LogP contribution in [0.3, 0.4) is 0 Å². The predicted octanol–water partition coefficient (Wildman–Crippen LogP) is -0.324. The van der Waals surface area contributed by atoms with Crippen molar-refractivity contribution in [3.05, 3.63) is 46.8 Å². The first-order valence-corrected chi connectivity index (χ1v) is 12.4. The summed E-state index contributed by atoms with van der Waals surface area (Å²) in [6, 6.07) is -0.764. The molecule has 0 radical (unpaired) electrons. The van der Waals surface area contributed by atoms with Crippen molar-refractivity contribution in [2.24, 2.45) is 0 Å². The number of aliphatic hydroxyl groups is 3. The van der Waals surface area contributed by atoms with Gasteiger partial charge in [-0.05, 0) is 18.1 Å². The van der Waals surface area contributed by atoms with Crippen LogP contribution in [-0.4, -0.2) is 101 Å². The fourth-order valence-corrected chi connectivity index (χ4v) is 4.54. The molecule has 0 unspecified atom stereocenters. The van der Waals surface area contributed by atoms with Gasteiger partial charge in [-0.3, -0.25) is 4.79 Å². The summed E-state index contributed by atoms with van der Waals surface area (Å²) in [6.07, 6.45) is -18.3. The molecule has 6 atom stereocenters. The lowest BCUT2D eigenvalue weighted by Crippen LogP contribution is -2.61. The van der Waals surface area contributed by atoms with Crippen molar-refractivity contribution < 1.29 is 70.6 Å². The van der Waals surface area contributed by atoms with E-state index < -0.39 is 109 Å².